The molecule has 0 aliphatic carbocycles. The van der Waals surface area contributed by atoms with Gasteiger partial charge in [0.1, 0.15) is 0 Å². The highest BCUT2D eigenvalue weighted by molar-refractivity contribution is 8.00. The van der Waals surface area contributed by atoms with Crippen molar-refractivity contribution < 1.29 is 9.21 Å². The van der Waals surface area contributed by atoms with E-state index in [-0.39, 0.29) is 11.2 Å². The van der Waals surface area contributed by atoms with Crippen molar-refractivity contribution in [3.05, 3.63) is 18.4 Å². The Morgan fingerprint density at radius 1 is 1.47 bits per heavy atom. The zero-order chi connectivity index (χ0) is 14.0. The molecular weight excluding hydrogens is 264 g/mol. The third kappa shape index (κ3) is 2.81. The molecule has 19 heavy (non-hydrogen) atoms. The Morgan fingerprint density at radius 2 is 2.21 bits per heavy atom. The smallest absolute Gasteiger partial charge is 0.235 e. The van der Waals surface area contributed by atoms with Crippen molar-refractivity contribution in [1.29, 1.82) is 0 Å². The molecule has 0 bridgehead atoms. The van der Waals surface area contributed by atoms with E-state index in [1.54, 1.807) is 31.3 Å². The summed E-state index contributed by atoms with van der Waals surface area (Å²) < 4.78 is 7.12. The molecule has 2 aromatic heterocycles. The summed E-state index contributed by atoms with van der Waals surface area (Å²) in [7, 11) is 5.34. The van der Waals surface area contributed by atoms with Crippen LogP contribution in [-0.4, -0.2) is 44.9 Å². The number of carbonyl (C=O) groups excluding carboxylic acids is 1. The van der Waals surface area contributed by atoms with Gasteiger partial charge in [-0.1, -0.05) is 11.8 Å². The predicted octanol–water partition coefficient (Wildman–Crippen LogP) is 1.64. The minimum absolute atomic E-state index is 0.0487. The minimum Gasteiger partial charge on any atom is -0.461 e. The van der Waals surface area contributed by atoms with E-state index >= 15 is 0 Å². The average molecular weight is 280 g/mol. The Kier molecular flexibility index (Phi) is 3.94. The van der Waals surface area contributed by atoms with E-state index in [2.05, 4.69) is 10.2 Å². The lowest BCUT2D eigenvalue weighted by Crippen LogP contribution is -2.29. The van der Waals surface area contributed by atoms with Crippen LogP contribution in [0.25, 0.3) is 11.6 Å². The van der Waals surface area contributed by atoms with Crippen LogP contribution in [0, 0.1) is 0 Å². The second kappa shape index (κ2) is 5.48. The van der Waals surface area contributed by atoms with Crippen molar-refractivity contribution in [1.82, 2.24) is 19.7 Å². The second-order valence-electron chi connectivity index (χ2n) is 4.34. The molecule has 0 saturated carbocycles. The lowest BCUT2D eigenvalue weighted by Gasteiger charge is -2.15. The van der Waals surface area contributed by atoms with Crippen LogP contribution in [0.3, 0.4) is 0 Å². The van der Waals surface area contributed by atoms with Gasteiger partial charge in [-0.15, -0.1) is 10.2 Å². The van der Waals surface area contributed by atoms with E-state index < -0.39 is 0 Å². The number of thioether (sulfide) groups is 1. The van der Waals surface area contributed by atoms with Crippen molar-refractivity contribution in [3.8, 4) is 11.6 Å². The maximum atomic E-state index is 11.8. The van der Waals surface area contributed by atoms with Crippen molar-refractivity contribution in [2.24, 2.45) is 7.05 Å². The number of hydrogen-bond donors (Lipinski definition) is 0. The lowest BCUT2D eigenvalue weighted by molar-refractivity contribution is -0.127. The first kappa shape index (κ1) is 13.7. The normalized spacial score (nSPS) is 12.4. The van der Waals surface area contributed by atoms with Crippen LogP contribution in [0.2, 0.25) is 0 Å². The zero-order valence-electron chi connectivity index (χ0n) is 11.3. The summed E-state index contributed by atoms with van der Waals surface area (Å²) in [6.45, 7) is 1.86. The van der Waals surface area contributed by atoms with Gasteiger partial charge in [-0.2, -0.15) is 0 Å². The third-order valence-corrected chi connectivity index (χ3v) is 3.77. The van der Waals surface area contributed by atoms with E-state index in [1.807, 2.05) is 24.6 Å². The standard InChI is InChI=1S/C12H16N4O2S/c1-8(11(17)15(2)3)19-12-14-13-10(16(12)4)9-6-5-7-18-9/h5-8H,1-4H3. The maximum absolute atomic E-state index is 11.8. The number of furan rings is 1. The Hall–Kier alpha value is -1.76. The molecule has 1 unspecified atom stereocenters. The summed E-state index contributed by atoms with van der Waals surface area (Å²) >= 11 is 1.38. The van der Waals surface area contributed by atoms with Gasteiger partial charge in [0, 0.05) is 21.1 Å². The molecule has 0 saturated heterocycles. The molecule has 0 aromatic carbocycles. The Bertz CT molecular complexity index is 562. The van der Waals surface area contributed by atoms with Crippen molar-refractivity contribution in [3.63, 3.8) is 0 Å². The van der Waals surface area contributed by atoms with Gasteiger partial charge < -0.3 is 13.9 Å². The minimum atomic E-state index is -0.206. The topological polar surface area (TPSA) is 64.2 Å². The maximum Gasteiger partial charge on any atom is 0.235 e. The summed E-state index contributed by atoms with van der Waals surface area (Å²) in [6, 6.07) is 3.63. The van der Waals surface area contributed by atoms with Crippen LogP contribution in [0.1, 0.15) is 6.92 Å². The zero-order valence-corrected chi connectivity index (χ0v) is 12.1. The Balaban J connectivity index is 2.17. The molecule has 0 aliphatic heterocycles. The molecular formula is C12H16N4O2S. The van der Waals surface area contributed by atoms with Gasteiger partial charge >= 0.3 is 0 Å². The van der Waals surface area contributed by atoms with Crippen molar-refractivity contribution in [2.45, 2.75) is 17.3 Å². The molecule has 1 atom stereocenters. The monoisotopic (exact) mass is 280 g/mol. The number of hydrogen-bond acceptors (Lipinski definition) is 5. The second-order valence-corrected chi connectivity index (χ2v) is 5.64. The SMILES string of the molecule is CC(Sc1nnc(-c2ccco2)n1C)C(=O)N(C)C. The number of carbonyl (C=O) groups is 1. The summed E-state index contributed by atoms with van der Waals surface area (Å²) in [4.78, 5) is 13.4. The van der Waals surface area contributed by atoms with E-state index in [9.17, 15) is 4.79 Å². The van der Waals surface area contributed by atoms with Crippen LogP contribution < -0.4 is 0 Å². The molecule has 1 amide bonds. The summed E-state index contributed by atoms with van der Waals surface area (Å²) in [6.07, 6.45) is 1.59. The first-order valence-corrected chi connectivity index (χ1v) is 6.69. The van der Waals surface area contributed by atoms with Gasteiger partial charge in [0.25, 0.3) is 0 Å². The molecule has 2 heterocycles. The molecule has 0 fully saturated rings. The van der Waals surface area contributed by atoms with Crippen LogP contribution >= 0.6 is 11.8 Å². The number of amides is 1. The van der Waals surface area contributed by atoms with Gasteiger partial charge in [-0.3, -0.25) is 4.79 Å². The fraction of sp³-hybridized carbons (Fsp3) is 0.417. The highest BCUT2D eigenvalue weighted by Gasteiger charge is 2.20. The third-order valence-electron chi connectivity index (χ3n) is 2.65. The fourth-order valence-electron chi connectivity index (χ4n) is 1.61. The Morgan fingerprint density at radius 3 is 2.79 bits per heavy atom. The molecule has 2 aromatic rings. The molecule has 6 nitrogen and oxygen atoms in total. The van der Waals surface area contributed by atoms with Crippen LogP contribution in [0.5, 0.6) is 0 Å². The van der Waals surface area contributed by atoms with Crippen molar-refractivity contribution >= 4 is 17.7 Å². The summed E-state index contributed by atoms with van der Waals surface area (Å²) in [5.74, 6) is 1.36. The van der Waals surface area contributed by atoms with E-state index in [0.717, 1.165) is 0 Å². The number of nitrogens with zero attached hydrogens (tertiary/aromatic N) is 4. The van der Waals surface area contributed by atoms with E-state index in [0.29, 0.717) is 16.7 Å². The van der Waals surface area contributed by atoms with Gasteiger partial charge in [-0.05, 0) is 19.1 Å². The lowest BCUT2D eigenvalue weighted by atomic mass is 10.4. The molecule has 0 radical (unpaired) electrons. The molecule has 0 aliphatic rings. The van der Waals surface area contributed by atoms with Crippen LogP contribution in [-0.2, 0) is 11.8 Å². The van der Waals surface area contributed by atoms with E-state index in [1.165, 1.54) is 11.8 Å². The number of rotatable bonds is 4. The molecule has 0 N–H and O–H groups in total. The molecule has 2 rings (SSSR count). The van der Waals surface area contributed by atoms with Gasteiger partial charge in [0.05, 0.1) is 11.5 Å². The van der Waals surface area contributed by atoms with Crippen LogP contribution in [0.15, 0.2) is 28.0 Å². The average Bonchev–Trinajstić information content (AvgIpc) is 2.99. The van der Waals surface area contributed by atoms with Crippen LogP contribution in [0.4, 0.5) is 0 Å². The molecule has 7 heteroatoms. The summed E-state index contributed by atoms with van der Waals surface area (Å²) in [5.41, 5.74) is 0. The molecule has 102 valence electrons. The van der Waals surface area contributed by atoms with Gasteiger partial charge in [-0.25, -0.2) is 0 Å². The number of aromatic nitrogens is 3. The largest absolute Gasteiger partial charge is 0.461 e. The summed E-state index contributed by atoms with van der Waals surface area (Å²) in [5, 5.41) is 8.67. The first-order valence-electron chi connectivity index (χ1n) is 5.81. The highest BCUT2D eigenvalue weighted by Crippen LogP contribution is 2.26. The van der Waals surface area contributed by atoms with Crippen molar-refractivity contribution in [2.75, 3.05) is 14.1 Å². The van der Waals surface area contributed by atoms with Gasteiger partial charge in [0.2, 0.25) is 5.91 Å². The predicted molar refractivity (Wildman–Crippen MR) is 72.7 cm³/mol. The quantitative estimate of drug-likeness (QED) is 0.797. The highest BCUT2D eigenvalue weighted by atomic mass is 32.2. The fourth-order valence-corrected chi connectivity index (χ4v) is 2.57. The van der Waals surface area contributed by atoms with Gasteiger partial charge in [0.15, 0.2) is 16.7 Å². The first-order chi connectivity index (χ1) is 9.00. The molecule has 0 spiro atoms. The van der Waals surface area contributed by atoms with E-state index in [4.69, 9.17) is 4.42 Å². The Labute approximate surface area is 115 Å².